The Morgan fingerprint density at radius 2 is 2.15 bits per heavy atom. The molecule has 0 aliphatic heterocycles. The number of imidazole rings is 1. The Balaban J connectivity index is 2.80. The molecule has 4 heteroatoms. The molecule has 0 aliphatic carbocycles. The molecule has 2 aromatic heterocycles. The lowest BCUT2D eigenvalue weighted by atomic mass is 10.3. The Labute approximate surface area is 76.4 Å². The topological polar surface area (TPSA) is 56.7 Å². The van der Waals surface area contributed by atoms with E-state index in [1.807, 2.05) is 30.5 Å². The van der Waals surface area contributed by atoms with Crippen LogP contribution in [0, 0.1) is 6.92 Å². The second-order valence-electron chi connectivity index (χ2n) is 3.01. The third kappa shape index (κ3) is 1.14. The highest BCUT2D eigenvalue weighted by Gasteiger charge is 2.06. The maximum atomic E-state index is 5.73. The molecule has 2 heterocycles. The Morgan fingerprint density at radius 1 is 1.38 bits per heavy atom. The predicted molar refractivity (Wildman–Crippen MR) is 52.4 cm³/mol. The van der Waals surface area contributed by atoms with E-state index in [1.165, 1.54) is 0 Å². The van der Waals surface area contributed by atoms with Crippen molar-refractivity contribution in [2.45, 2.75) is 20.4 Å². The van der Waals surface area contributed by atoms with Crippen molar-refractivity contribution < 1.29 is 0 Å². The van der Waals surface area contributed by atoms with E-state index in [4.69, 9.17) is 5.73 Å². The highest BCUT2D eigenvalue weighted by Crippen LogP contribution is 2.15. The lowest BCUT2D eigenvalue weighted by molar-refractivity contribution is 0.789. The number of nitrogens with two attached hydrogens (primary N) is 1. The zero-order chi connectivity index (χ0) is 9.42. The molecule has 0 fully saturated rings. The lowest BCUT2D eigenvalue weighted by Crippen LogP contribution is -2.01. The average Bonchev–Trinajstić information content (AvgIpc) is 2.40. The van der Waals surface area contributed by atoms with E-state index in [2.05, 4.69) is 9.97 Å². The number of rotatable bonds is 1. The van der Waals surface area contributed by atoms with Crippen molar-refractivity contribution in [1.29, 1.82) is 0 Å². The smallest absolute Gasteiger partial charge is 0.202 e. The summed E-state index contributed by atoms with van der Waals surface area (Å²) < 4.78 is 1.91. The Hall–Kier alpha value is -1.58. The molecule has 0 saturated heterocycles. The van der Waals surface area contributed by atoms with Crippen LogP contribution < -0.4 is 5.73 Å². The van der Waals surface area contributed by atoms with Crippen LogP contribution in [0.1, 0.15) is 12.6 Å². The third-order valence-electron chi connectivity index (χ3n) is 2.08. The highest BCUT2D eigenvalue weighted by atomic mass is 15.2. The van der Waals surface area contributed by atoms with Gasteiger partial charge >= 0.3 is 0 Å². The van der Waals surface area contributed by atoms with E-state index >= 15 is 0 Å². The first-order chi connectivity index (χ1) is 6.22. The molecule has 0 spiro atoms. The normalized spacial score (nSPS) is 10.9. The van der Waals surface area contributed by atoms with Crippen molar-refractivity contribution in [2.75, 3.05) is 5.73 Å². The quantitative estimate of drug-likeness (QED) is 0.713. The molecule has 0 saturated carbocycles. The van der Waals surface area contributed by atoms with Crippen molar-refractivity contribution in [3.05, 3.63) is 17.8 Å². The van der Waals surface area contributed by atoms with Gasteiger partial charge in [0.25, 0.3) is 0 Å². The number of hydrogen-bond donors (Lipinski definition) is 1. The molecule has 0 aliphatic rings. The molecule has 0 radical (unpaired) electrons. The number of aryl methyl sites for hydroxylation is 2. The molecular weight excluding hydrogens is 164 g/mol. The Kier molecular flexibility index (Phi) is 1.69. The van der Waals surface area contributed by atoms with Gasteiger partial charge in [0.2, 0.25) is 5.95 Å². The van der Waals surface area contributed by atoms with Gasteiger partial charge in [0.15, 0.2) is 5.65 Å². The monoisotopic (exact) mass is 176 g/mol. The molecule has 0 aromatic carbocycles. The zero-order valence-corrected chi connectivity index (χ0v) is 7.78. The first-order valence-electron chi connectivity index (χ1n) is 4.31. The average molecular weight is 176 g/mol. The van der Waals surface area contributed by atoms with Gasteiger partial charge in [-0.15, -0.1) is 0 Å². The summed E-state index contributed by atoms with van der Waals surface area (Å²) in [6.45, 7) is 4.79. The molecule has 0 unspecified atom stereocenters. The summed E-state index contributed by atoms with van der Waals surface area (Å²) in [5.74, 6) is 0.538. The fourth-order valence-electron chi connectivity index (χ4n) is 1.43. The number of fused-ring (bicyclic) bond motifs is 1. The maximum Gasteiger partial charge on any atom is 0.202 e. The van der Waals surface area contributed by atoms with E-state index in [9.17, 15) is 0 Å². The van der Waals surface area contributed by atoms with E-state index in [0.29, 0.717) is 5.95 Å². The minimum atomic E-state index is 0.538. The predicted octanol–water partition coefficient (Wildman–Crippen LogP) is 1.34. The van der Waals surface area contributed by atoms with Crippen LogP contribution in [0.3, 0.4) is 0 Å². The maximum absolute atomic E-state index is 5.73. The summed E-state index contributed by atoms with van der Waals surface area (Å²) in [5, 5.41) is 0. The molecule has 4 nitrogen and oxygen atoms in total. The standard InChI is InChI=1S/C9H12N4/c1-3-13-8-7(12-9(13)10)5-4-6(2)11-8/h4-5H,3H2,1-2H3,(H2,10,12). The Morgan fingerprint density at radius 3 is 2.85 bits per heavy atom. The largest absolute Gasteiger partial charge is 0.369 e. The molecule has 0 amide bonds. The number of aromatic nitrogens is 3. The van der Waals surface area contributed by atoms with Gasteiger partial charge in [-0.05, 0) is 26.0 Å². The second kappa shape index (κ2) is 2.73. The Bertz CT molecular complexity index is 444. The summed E-state index contributed by atoms with van der Waals surface area (Å²) >= 11 is 0. The molecule has 0 bridgehead atoms. The van der Waals surface area contributed by atoms with Gasteiger partial charge in [-0.25, -0.2) is 9.97 Å². The van der Waals surface area contributed by atoms with Crippen molar-refractivity contribution in [3.63, 3.8) is 0 Å². The molecule has 2 aromatic rings. The first-order valence-corrected chi connectivity index (χ1v) is 4.31. The summed E-state index contributed by atoms with van der Waals surface area (Å²) in [6, 6.07) is 3.88. The van der Waals surface area contributed by atoms with Gasteiger partial charge in [0.1, 0.15) is 5.52 Å². The number of hydrogen-bond acceptors (Lipinski definition) is 3. The summed E-state index contributed by atoms with van der Waals surface area (Å²) in [7, 11) is 0. The summed E-state index contributed by atoms with van der Waals surface area (Å²) in [4.78, 5) is 8.59. The number of pyridine rings is 1. The van der Waals surface area contributed by atoms with E-state index in [-0.39, 0.29) is 0 Å². The van der Waals surface area contributed by atoms with Crippen molar-refractivity contribution in [1.82, 2.24) is 14.5 Å². The summed E-state index contributed by atoms with van der Waals surface area (Å²) in [6.07, 6.45) is 0. The van der Waals surface area contributed by atoms with Gasteiger partial charge in [-0.3, -0.25) is 4.57 Å². The van der Waals surface area contributed by atoms with E-state index in [1.54, 1.807) is 0 Å². The van der Waals surface area contributed by atoms with Gasteiger partial charge < -0.3 is 5.73 Å². The number of nitrogen functional groups attached to an aromatic ring is 1. The van der Waals surface area contributed by atoms with Gasteiger partial charge in [0.05, 0.1) is 0 Å². The van der Waals surface area contributed by atoms with Crippen LogP contribution in [0.4, 0.5) is 5.95 Å². The first kappa shape index (κ1) is 8.04. The van der Waals surface area contributed by atoms with Crippen LogP contribution in [-0.2, 0) is 6.54 Å². The van der Waals surface area contributed by atoms with Crippen LogP contribution in [0.2, 0.25) is 0 Å². The molecular formula is C9H12N4. The highest BCUT2D eigenvalue weighted by molar-refractivity contribution is 5.74. The van der Waals surface area contributed by atoms with Crippen LogP contribution >= 0.6 is 0 Å². The van der Waals surface area contributed by atoms with Gasteiger partial charge in [0, 0.05) is 12.2 Å². The molecule has 2 N–H and O–H groups in total. The van der Waals surface area contributed by atoms with Crippen molar-refractivity contribution >= 4 is 17.1 Å². The third-order valence-corrected chi connectivity index (χ3v) is 2.08. The van der Waals surface area contributed by atoms with Gasteiger partial charge in [-0.2, -0.15) is 0 Å². The fraction of sp³-hybridized carbons (Fsp3) is 0.333. The van der Waals surface area contributed by atoms with Crippen LogP contribution in [0.25, 0.3) is 11.2 Å². The van der Waals surface area contributed by atoms with Crippen molar-refractivity contribution in [2.24, 2.45) is 0 Å². The minimum Gasteiger partial charge on any atom is -0.369 e. The van der Waals surface area contributed by atoms with Crippen molar-refractivity contribution in [3.8, 4) is 0 Å². The fourth-order valence-corrected chi connectivity index (χ4v) is 1.43. The molecule has 2 rings (SSSR count). The SMILES string of the molecule is CCn1c(N)nc2ccc(C)nc21. The zero-order valence-electron chi connectivity index (χ0n) is 7.78. The van der Waals surface area contributed by atoms with Crippen LogP contribution in [-0.4, -0.2) is 14.5 Å². The molecule has 68 valence electrons. The van der Waals surface area contributed by atoms with Crippen LogP contribution in [0.5, 0.6) is 0 Å². The van der Waals surface area contributed by atoms with E-state index < -0.39 is 0 Å². The second-order valence-corrected chi connectivity index (χ2v) is 3.01. The number of nitrogens with zero attached hydrogens (tertiary/aromatic N) is 3. The number of anilines is 1. The van der Waals surface area contributed by atoms with Crippen LogP contribution in [0.15, 0.2) is 12.1 Å². The molecule has 13 heavy (non-hydrogen) atoms. The molecule has 0 atom stereocenters. The van der Waals surface area contributed by atoms with E-state index in [0.717, 1.165) is 23.4 Å². The van der Waals surface area contributed by atoms with Gasteiger partial charge in [-0.1, -0.05) is 0 Å². The lowest BCUT2D eigenvalue weighted by Gasteiger charge is -2.00. The summed E-state index contributed by atoms with van der Waals surface area (Å²) in [5.41, 5.74) is 8.45. The minimum absolute atomic E-state index is 0.538.